The van der Waals surface area contributed by atoms with Crippen LogP contribution in [0.4, 0.5) is 5.69 Å². The molecule has 1 saturated heterocycles. The van der Waals surface area contributed by atoms with Gasteiger partial charge in [0.15, 0.2) is 0 Å². The molecule has 3 heterocycles. The third kappa shape index (κ3) is 2.58. The summed E-state index contributed by atoms with van der Waals surface area (Å²) in [5, 5.41) is 0. The molecule has 3 rings (SSSR count). The maximum atomic E-state index is 5.77. The van der Waals surface area contributed by atoms with Crippen LogP contribution in [0, 0.1) is 6.92 Å². The van der Waals surface area contributed by atoms with Gasteiger partial charge in [-0.2, -0.15) is 0 Å². The number of hydrogen-bond acceptors (Lipinski definition) is 4. The lowest BCUT2D eigenvalue weighted by molar-refractivity contribution is 0.0782. The van der Waals surface area contributed by atoms with Gasteiger partial charge in [-0.3, -0.25) is 9.88 Å². The number of aromatic nitrogens is 1. The fourth-order valence-electron chi connectivity index (χ4n) is 3.33. The normalized spacial score (nSPS) is 27.6. The molecule has 2 aliphatic rings. The molecule has 2 aliphatic heterocycles. The molecule has 0 saturated carbocycles. The van der Waals surface area contributed by atoms with E-state index in [0.29, 0.717) is 12.1 Å². The van der Waals surface area contributed by atoms with Gasteiger partial charge in [0.2, 0.25) is 0 Å². The van der Waals surface area contributed by atoms with Gasteiger partial charge in [-0.15, -0.1) is 0 Å². The second-order valence-electron chi connectivity index (χ2n) is 5.84. The molecule has 1 aromatic rings. The summed E-state index contributed by atoms with van der Waals surface area (Å²) in [4.78, 5) is 7.04. The number of nitrogens with two attached hydrogens (primary N) is 1. The molecule has 0 amide bonds. The van der Waals surface area contributed by atoms with Crippen LogP contribution in [0.5, 0.6) is 0 Å². The first-order valence-corrected chi connectivity index (χ1v) is 7.42. The topological polar surface area (TPSA) is 51.4 Å². The Kier molecular flexibility index (Phi) is 3.76. The summed E-state index contributed by atoms with van der Waals surface area (Å²) in [6.45, 7) is 7.26. The van der Waals surface area contributed by atoms with Crippen molar-refractivity contribution in [3.05, 3.63) is 29.6 Å². The van der Waals surface area contributed by atoms with Crippen LogP contribution >= 0.6 is 0 Å². The van der Waals surface area contributed by atoms with E-state index in [4.69, 9.17) is 10.5 Å². The molecule has 0 radical (unpaired) electrons. The van der Waals surface area contributed by atoms with Crippen LogP contribution in [0.1, 0.15) is 31.0 Å². The van der Waals surface area contributed by atoms with E-state index in [0.717, 1.165) is 43.9 Å². The van der Waals surface area contributed by atoms with Crippen molar-refractivity contribution in [1.29, 1.82) is 0 Å². The van der Waals surface area contributed by atoms with Crippen molar-refractivity contribution in [1.82, 2.24) is 9.88 Å². The SMILES string of the molecule is Cc1cc(N)cnc1C1=CCN(C2CCO[C@H]2C)CC1. The Morgan fingerprint density at radius 2 is 2.30 bits per heavy atom. The average molecular weight is 273 g/mol. The van der Waals surface area contributed by atoms with Crippen molar-refractivity contribution in [2.75, 3.05) is 25.4 Å². The third-order valence-corrected chi connectivity index (χ3v) is 4.45. The zero-order valence-electron chi connectivity index (χ0n) is 12.3. The summed E-state index contributed by atoms with van der Waals surface area (Å²) in [5.41, 5.74) is 10.1. The highest BCUT2D eigenvalue weighted by atomic mass is 16.5. The van der Waals surface area contributed by atoms with E-state index < -0.39 is 0 Å². The maximum absolute atomic E-state index is 5.77. The molecule has 4 heteroatoms. The number of nitrogens with zero attached hydrogens (tertiary/aromatic N) is 2. The first-order valence-electron chi connectivity index (χ1n) is 7.42. The molecular formula is C16H23N3O. The molecule has 20 heavy (non-hydrogen) atoms. The van der Waals surface area contributed by atoms with Crippen LogP contribution in [-0.2, 0) is 4.74 Å². The van der Waals surface area contributed by atoms with Crippen LogP contribution in [0.3, 0.4) is 0 Å². The van der Waals surface area contributed by atoms with E-state index in [9.17, 15) is 0 Å². The van der Waals surface area contributed by atoms with E-state index in [1.165, 1.54) is 11.1 Å². The van der Waals surface area contributed by atoms with Crippen molar-refractivity contribution in [3.63, 3.8) is 0 Å². The van der Waals surface area contributed by atoms with Crippen molar-refractivity contribution >= 4 is 11.3 Å². The Bertz CT molecular complexity index is 526. The molecule has 1 fully saturated rings. The summed E-state index contributed by atoms with van der Waals surface area (Å²) in [5.74, 6) is 0. The van der Waals surface area contributed by atoms with Crippen molar-refractivity contribution in [2.24, 2.45) is 0 Å². The number of anilines is 1. The van der Waals surface area contributed by atoms with E-state index in [1.807, 2.05) is 6.07 Å². The van der Waals surface area contributed by atoms with Gasteiger partial charge in [-0.05, 0) is 43.9 Å². The highest BCUT2D eigenvalue weighted by molar-refractivity contribution is 5.67. The number of hydrogen-bond donors (Lipinski definition) is 1. The minimum Gasteiger partial charge on any atom is -0.397 e. The van der Waals surface area contributed by atoms with E-state index in [2.05, 4.69) is 29.8 Å². The lowest BCUT2D eigenvalue weighted by Crippen LogP contribution is -2.42. The van der Waals surface area contributed by atoms with Crippen molar-refractivity contribution in [3.8, 4) is 0 Å². The summed E-state index contributed by atoms with van der Waals surface area (Å²) >= 11 is 0. The average Bonchev–Trinajstić information content (AvgIpc) is 2.85. The second-order valence-corrected chi connectivity index (χ2v) is 5.84. The van der Waals surface area contributed by atoms with Crippen LogP contribution in [0.15, 0.2) is 18.3 Å². The predicted molar refractivity (Wildman–Crippen MR) is 81.4 cm³/mol. The quantitative estimate of drug-likeness (QED) is 0.898. The monoisotopic (exact) mass is 273 g/mol. The van der Waals surface area contributed by atoms with Crippen LogP contribution in [-0.4, -0.2) is 41.7 Å². The van der Waals surface area contributed by atoms with Crippen molar-refractivity contribution < 1.29 is 4.74 Å². The Hall–Kier alpha value is -1.39. The van der Waals surface area contributed by atoms with Crippen molar-refractivity contribution in [2.45, 2.75) is 38.8 Å². The van der Waals surface area contributed by atoms with Gasteiger partial charge in [0.25, 0.3) is 0 Å². The molecular weight excluding hydrogens is 250 g/mol. The fraction of sp³-hybridized carbons (Fsp3) is 0.562. The number of rotatable bonds is 2. The third-order valence-electron chi connectivity index (χ3n) is 4.45. The van der Waals surface area contributed by atoms with Gasteiger partial charge >= 0.3 is 0 Å². The highest BCUT2D eigenvalue weighted by Crippen LogP contribution is 2.28. The second kappa shape index (κ2) is 5.54. The molecule has 2 atom stereocenters. The maximum Gasteiger partial charge on any atom is 0.0703 e. The van der Waals surface area contributed by atoms with Gasteiger partial charge in [0.05, 0.1) is 23.7 Å². The number of nitrogen functional groups attached to an aromatic ring is 1. The molecule has 1 aromatic heterocycles. The molecule has 2 N–H and O–H groups in total. The number of pyridine rings is 1. The lowest BCUT2D eigenvalue weighted by Gasteiger charge is -2.33. The zero-order chi connectivity index (χ0) is 14.1. The predicted octanol–water partition coefficient (Wildman–Crippen LogP) is 2.24. The summed E-state index contributed by atoms with van der Waals surface area (Å²) < 4.78 is 5.67. The number of ether oxygens (including phenoxy) is 1. The smallest absolute Gasteiger partial charge is 0.0703 e. The minimum atomic E-state index is 0.362. The molecule has 4 nitrogen and oxygen atoms in total. The highest BCUT2D eigenvalue weighted by Gasteiger charge is 2.30. The Balaban J connectivity index is 1.73. The Labute approximate surface area is 120 Å². The van der Waals surface area contributed by atoms with Crippen LogP contribution in [0.2, 0.25) is 0 Å². The van der Waals surface area contributed by atoms with Gasteiger partial charge in [0.1, 0.15) is 0 Å². The van der Waals surface area contributed by atoms with Crippen LogP contribution < -0.4 is 5.73 Å². The molecule has 108 valence electrons. The first kappa shape index (κ1) is 13.6. The zero-order valence-corrected chi connectivity index (χ0v) is 12.3. The molecule has 1 unspecified atom stereocenters. The summed E-state index contributed by atoms with van der Waals surface area (Å²) in [6, 6.07) is 2.58. The number of aryl methyl sites for hydroxylation is 1. The first-order chi connectivity index (χ1) is 9.65. The Morgan fingerprint density at radius 3 is 2.90 bits per heavy atom. The van der Waals surface area contributed by atoms with E-state index in [-0.39, 0.29) is 0 Å². The summed E-state index contributed by atoms with van der Waals surface area (Å²) in [6.07, 6.45) is 6.65. The van der Waals surface area contributed by atoms with E-state index >= 15 is 0 Å². The minimum absolute atomic E-state index is 0.362. The standard InChI is InChI=1S/C16H23N3O/c1-11-9-14(17)10-18-16(11)13-3-6-19(7-4-13)15-5-8-20-12(15)2/h3,9-10,12,15H,4-8,17H2,1-2H3/t12-,15?/m0/s1. The molecule has 0 aromatic carbocycles. The Morgan fingerprint density at radius 1 is 1.45 bits per heavy atom. The molecule has 0 spiro atoms. The van der Waals surface area contributed by atoms with Crippen LogP contribution in [0.25, 0.3) is 5.57 Å². The molecule has 0 aliphatic carbocycles. The summed E-state index contributed by atoms with van der Waals surface area (Å²) in [7, 11) is 0. The van der Waals surface area contributed by atoms with E-state index in [1.54, 1.807) is 6.20 Å². The van der Waals surface area contributed by atoms with Gasteiger partial charge in [0, 0.05) is 25.7 Å². The lowest BCUT2D eigenvalue weighted by atomic mass is 9.98. The van der Waals surface area contributed by atoms with Gasteiger partial charge < -0.3 is 10.5 Å². The molecule has 0 bridgehead atoms. The van der Waals surface area contributed by atoms with Gasteiger partial charge in [-0.25, -0.2) is 0 Å². The fourth-order valence-corrected chi connectivity index (χ4v) is 3.33. The largest absolute Gasteiger partial charge is 0.397 e. The van der Waals surface area contributed by atoms with Gasteiger partial charge in [-0.1, -0.05) is 6.08 Å².